The van der Waals surface area contributed by atoms with E-state index in [0.717, 1.165) is 29.7 Å². The molecule has 2 heterocycles. The molecular formula is C25H29N5O3. The molecule has 0 bridgehead atoms. The van der Waals surface area contributed by atoms with Crippen molar-refractivity contribution in [2.75, 3.05) is 11.9 Å². The van der Waals surface area contributed by atoms with Crippen LogP contribution in [-0.4, -0.2) is 39.9 Å². The average Bonchev–Trinajstić information content (AvgIpc) is 3.12. The average molecular weight is 448 g/mol. The van der Waals surface area contributed by atoms with E-state index in [1.54, 1.807) is 24.3 Å². The van der Waals surface area contributed by atoms with Crippen LogP contribution >= 0.6 is 0 Å². The molecule has 1 unspecified atom stereocenters. The van der Waals surface area contributed by atoms with Gasteiger partial charge in [-0.3, -0.25) is 14.4 Å². The Balaban J connectivity index is 1.25. The highest BCUT2D eigenvalue weighted by atomic mass is 16.2. The molecule has 0 aliphatic carbocycles. The van der Waals surface area contributed by atoms with Gasteiger partial charge < -0.3 is 20.5 Å². The van der Waals surface area contributed by atoms with Gasteiger partial charge in [-0.05, 0) is 51.0 Å². The highest BCUT2D eigenvalue weighted by molar-refractivity contribution is 6.09. The van der Waals surface area contributed by atoms with Gasteiger partial charge in [0.05, 0.1) is 22.3 Å². The van der Waals surface area contributed by atoms with Crippen LogP contribution in [0.2, 0.25) is 0 Å². The third kappa shape index (κ3) is 5.05. The van der Waals surface area contributed by atoms with Crippen molar-refractivity contribution in [3.05, 3.63) is 59.9 Å². The first-order chi connectivity index (χ1) is 15.9. The van der Waals surface area contributed by atoms with Gasteiger partial charge >= 0.3 is 0 Å². The first-order valence-corrected chi connectivity index (χ1v) is 11.4. The van der Waals surface area contributed by atoms with Gasteiger partial charge in [-0.25, -0.2) is 4.98 Å². The Morgan fingerprint density at radius 3 is 2.70 bits per heavy atom. The zero-order valence-corrected chi connectivity index (χ0v) is 18.9. The van der Waals surface area contributed by atoms with Crippen molar-refractivity contribution >= 4 is 34.4 Å². The number of aromatic nitrogens is 2. The van der Waals surface area contributed by atoms with Crippen LogP contribution in [0.1, 0.15) is 55.3 Å². The van der Waals surface area contributed by atoms with Crippen LogP contribution < -0.4 is 16.0 Å². The van der Waals surface area contributed by atoms with Crippen LogP contribution in [0.25, 0.3) is 11.0 Å². The Morgan fingerprint density at radius 1 is 1.12 bits per heavy atom. The largest absolute Gasteiger partial charge is 0.356 e. The van der Waals surface area contributed by atoms with Gasteiger partial charge in [0.1, 0.15) is 11.9 Å². The van der Waals surface area contributed by atoms with E-state index in [2.05, 4.69) is 40.4 Å². The summed E-state index contributed by atoms with van der Waals surface area (Å²) in [7, 11) is 0. The van der Waals surface area contributed by atoms with E-state index in [1.165, 1.54) is 0 Å². The summed E-state index contributed by atoms with van der Waals surface area (Å²) in [5.74, 6) is 0.241. The van der Waals surface area contributed by atoms with E-state index in [4.69, 9.17) is 4.98 Å². The molecule has 1 aromatic heterocycles. The first-order valence-electron chi connectivity index (χ1n) is 11.4. The molecule has 0 radical (unpaired) electrons. The van der Waals surface area contributed by atoms with E-state index in [0.29, 0.717) is 23.8 Å². The molecule has 0 saturated heterocycles. The molecule has 8 nitrogen and oxygen atoms in total. The van der Waals surface area contributed by atoms with Gasteiger partial charge in [0, 0.05) is 25.4 Å². The number of fused-ring (bicyclic) bond motifs is 2. The van der Waals surface area contributed by atoms with Gasteiger partial charge in [0.15, 0.2) is 0 Å². The van der Waals surface area contributed by atoms with Crippen molar-refractivity contribution in [2.45, 2.75) is 51.6 Å². The number of hydrogen-bond acceptors (Lipinski definition) is 4. The number of para-hydroxylation sites is 3. The van der Waals surface area contributed by atoms with Crippen LogP contribution in [0.4, 0.5) is 5.69 Å². The second-order valence-electron chi connectivity index (χ2n) is 8.53. The number of rotatable bonds is 8. The van der Waals surface area contributed by atoms with Crippen molar-refractivity contribution in [3.8, 4) is 0 Å². The fraction of sp³-hybridized carbons (Fsp3) is 0.360. The standard InChI is InChI=1S/C25H29N5O3/c1-16(2)30-21-11-6-5-10-19(21)27-22(30)12-7-15-26-23(31)14-13-20-25(33)28-18-9-4-3-8-17(18)24(32)29-20/h3-6,8-11,16,20H,7,12-15H2,1-2H3,(H,26,31)(H,28,33)(H,29,32). The van der Waals surface area contributed by atoms with Gasteiger partial charge in [-0.15, -0.1) is 0 Å². The highest BCUT2D eigenvalue weighted by Crippen LogP contribution is 2.22. The maximum atomic E-state index is 12.4. The highest BCUT2D eigenvalue weighted by Gasteiger charge is 2.27. The molecule has 3 aromatic rings. The van der Waals surface area contributed by atoms with Crippen LogP contribution in [0.3, 0.4) is 0 Å². The van der Waals surface area contributed by atoms with Gasteiger partial charge in [-0.1, -0.05) is 24.3 Å². The predicted octanol–water partition coefficient (Wildman–Crippen LogP) is 3.20. The summed E-state index contributed by atoms with van der Waals surface area (Å²) in [6, 6.07) is 14.5. The predicted molar refractivity (Wildman–Crippen MR) is 127 cm³/mol. The Hall–Kier alpha value is -3.68. The monoisotopic (exact) mass is 447 g/mol. The number of nitrogens with one attached hydrogen (secondary N) is 3. The first kappa shape index (κ1) is 22.5. The van der Waals surface area contributed by atoms with E-state index in [1.807, 2.05) is 18.2 Å². The second-order valence-corrected chi connectivity index (χ2v) is 8.53. The Labute approximate surface area is 192 Å². The molecule has 4 rings (SSSR count). The quantitative estimate of drug-likeness (QED) is 0.461. The summed E-state index contributed by atoms with van der Waals surface area (Å²) in [6.45, 7) is 4.80. The number of carbonyl (C=O) groups excluding carboxylic acids is 3. The lowest BCUT2D eigenvalue weighted by atomic mass is 10.1. The number of carbonyl (C=O) groups is 3. The molecule has 2 aromatic carbocycles. The number of nitrogens with zero attached hydrogens (tertiary/aromatic N) is 2. The summed E-state index contributed by atoms with van der Waals surface area (Å²) < 4.78 is 2.24. The number of benzene rings is 2. The smallest absolute Gasteiger partial charge is 0.254 e. The minimum atomic E-state index is -0.749. The number of imidazole rings is 1. The van der Waals surface area contributed by atoms with Crippen molar-refractivity contribution < 1.29 is 14.4 Å². The summed E-state index contributed by atoms with van der Waals surface area (Å²) in [5.41, 5.74) is 3.01. The molecule has 0 fully saturated rings. The Bertz CT molecular complexity index is 1180. The van der Waals surface area contributed by atoms with Crippen LogP contribution in [-0.2, 0) is 16.0 Å². The summed E-state index contributed by atoms with van der Waals surface area (Å²) >= 11 is 0. The van der Waals surface area contributed by atoms with Gasteiger partial charge in [-0.2, -0.15) is 0 Å². The Morgan fingerprint density at radius 2 is 1.88 bits per heavy atom. The van der Waals surface area contributed by atoms with E-state index >= 15 is 0 Å². The molecule has 3 amide bonds. The van der Waals surface area contributed by atoms with Crippen LogP contribution in [0.15, 0.2) is 48.5 Å². The van der Waals surface area contributed by atoms with Crippen molar-refractivity contribution in [3.63, 3.8) is 0 Å². The topological polar surface area (TPSA) is 105 Å². The molecule has 0 saturated carbocycles. The lowest BCUT2D eigenvalue weighted by molar-refractivity contribution is -0.121. The van der Waals surface area contributed by atoms with E-state index in [-0.39, 0.29) is 30.6 Å². The van der Waals surface area contributed by atoms with E-state index in [9.17, 15) is 14.4 Å². The lowest BCUT2D eigenvalue weighted by Gasteiger charge is -2.15. The van der Waals surface area contributed by atoms with E-state index < -0.39 is 6.04 Å². The molecule has 3 N–H and O–H groups in total. The molecule has 8 heteroatoms. The zero-order valence-electron chi connectivity index (χ0n) is 18.9. The molecular weight excluding hydrogens is 418 g/mol. The minimum Gasteiger partial charge on any atom is -0.356 e. The molecule has 1 aliphatic heterocycles. The molecule has 172 valence electrons. The molecule has 1 aliphatic rings. The normalized spacial score (nSPS) is 15.7. The minimum absolute atomic E-state index is 0.142. The van der Waals surface area contributed by atoms with Crippen LogP contribution in [0.5, 0.6) is 0 Å². The molecule has 33 heavy (non-hydrogen) atoms. The third-order valence-electron chi connectivity index (χ3n) is 5.80. The second kappa shape index (κ2) is 9.85. The van der Waals surface area contributed by atoms with Crippen LogP contribution in [0, 0.1) is 0 Å². The van der Waals surface area contributed by atoms with Crippen molar-refractivity contribution in [1.82, 2.24) is 20.2 Å². The SMILES string of the molecule is CC(C)n1c(CCCNC(=O)CCC2NC(=O)c3ccccc3NC2=O)nc2ccccc21. The van der Waals surface area contributed by atoms with Gasteiger partial charge in [0.25, 0.3) is 5.91 Å². The Kier molecular flexibility index (Phi) is 6.72. The summed E-state index contributed by atoms with van der Waals surface area (Å²) in [6.07, 6.45) is 1.91. The molecule has 1 atom stereocenters. The fourth-order valence-corrected chi connectivity index (χ4v) is 4.20. The summed E-state index contributed by atoms with van der Waals surface area (Å²) in [4.78, 5) is 41.9. The number of hydrogen-bond donors (Lipinski definition) is 3. The number of anilines is 1. The zero-order chi connectivity index (χ0) is 23.4. The van der Waals surface area contributed by atoms with Crippen molar-refractivity contribution in [1.29, 1.82) is 0 Å². The number of amides is 3. The molecule has 0 spiro atoms. The number of aryl methyl sites for hydroxylation is 1. The van der Waals surface area contributed by atoms with Crippen molar-refractivity contribution in [2.24, 2.45) is 0 Å². The maximum absolute atomic E-state index is 12.4. The van der Waals surface area contributed by atoms with Gasteiger partial charge in [0.2, 0.25) is 11.8 Å². The fourth-order valence-electron chi connectivity index (χ4n) is 4.20. The summed E-state index contributed by atoms with van der Waals surface area (Å²) in [5, 5.41) is 8.39. The lowest BCUT2D eigenvalue weighted by Crippen LogP contribution is -2.42. The third-order valence-corrected chi connectivity index (χ3v) is 5.80. The maximum Gasteiger partial charge on any atom is 0.254 e.